The van der Waals surface area contributed by atoms with Crippen molar-refractivity contribution in [2.75, 3.05) is 31.2 Å². The maximum atomic E-state index is 12.5. The molecule has 0 spiro atoms. The number of amides is 2. The number of carboxylic acids is 1. The maximum absolute atomic E-state index is 12.5. The highest BCUT2D eigenvalue weighted by atomic mass is 16.5. The number of morpholine rings is 1. The van der Waals surface area contributed by atoms with Gasteiger partial charge in [0.1, 0.15) is 5.75 Å². The van der Waals surface area contributed by atoms with Gasteiger partial charge in [-0.3, -0.25) is 9.59 Å². The highest BCUT2D eigenvalue weighted by molar-refractivity contribution is 6.00. The van der Waals surface area contributed by atoms with Gasteiger partial charge in [-0.25, -0.2) is 4.79 Å². The largest absolute Gasteiger partial charge is 0.480 e. The molecule has 1 N–H and O–H groups in total. The second kappa shape index (κ2) is 7.10. The van der Waals surface area contributed by atoms with Gasteiger partial charge in [0, 0.05) is 19.5 Å². The molecule has 1 fully saturated rings. The van der Waals surface area contributed by atoms with E-state index in [0.29, 0.717) is 18.0 Å². The average molecular weight is 348 g/mol. The Balaban J connectivity index is 1.71. The normalized spacial score (nSPS) is 23.0. The fourth-order valence-corrected chi connectivity index (χ4v) is 3.05. The quantitative estimate of drug-likeness (QED) is 0.851. The average Bonchev–Trinajstić information content (AvgIpc) is 2.62. The lowest BCUT2D eigenvalue weighted by atomic mass is 10.1. The van der Waals surface area contributed by atoms with E-state index in [1.54, 1.807) is 25.1 Å². The molecule has 134 valence electrons. The van der Waals surface area contributed by atoms with Crippen LogP contribution in [0.4, 0.5) is 5.69 Å². The lowest BCUT2D eigenvalue weighted by Gasteiger charge is -2.35. The number of carboxylic acid groups (broad SMARTS) is 1. The van der Waals surface area contributed by atoms with Gasteiger partial charge in [-0.2, -0.15) is 0 Å². The lowest BCUT2D eigenvalue weighted by molar-refractivity contribution is -0.158. The summed E-state index contributed by atoms with van der Waals surface area (Å²) in [6.45, 7) is 2.37. The number of aliphatic carboxylic acids is 1. The molecule has 1 aromatic carbocycles. The Bertz CT molecular complexity index is 691. The first kappa shape index (κ1) is 17.2. The SMILES string of the molecule is C[C@@H]1Oc2ccccc2N(CCC(=O)N2CCOC[C@@H]2C(=O)O)C1=O. The van der Waals surface area contributed by atoms with Crippen LogP contribution in [0.3, 0.4) is 0 Å². The minimum atomic E-state index is -1.09. The highest BCUT2D eigenvalue weighted by Gasteiger charge is 2.35. The molecule has 0 saturated carbocycles. The van der Waals surface area contributed by atoms with Crippen LogP contribution in [0.25, 0.3) is 0 Å². The van der Waals surface area contributed by atoms with E-state index in [1.165, 1.54) is 9.80 Å². The van der Waals surface area contributed by atoms with Crippen molar-refractivity contribution in [1.82, 2.24) is 4.90 Å². The number of carbonyl (C=O) groups is 3. The summed E-state index contributed by atoms with van der Waals surface area (Å²) < 4.78 is 10.7. The van der Waals surface area contributed by atoms with E-state index in [9.17, 15) is 19.5 Å². The Hall–Kier alpha value is -2.61. The number of hydrogen-bond acceptors (Lipinski definition) is 5. The smallest absolute Gasteiger partial charge is 0.328 e. The molecule has 0 bridgehead atoms. The second-order valence-electron chi connectivity index (χ2n) is 5.98. The summed E-state index contributed by atoms with van der Waals surface area (Å²) in [5.74, 6) is -1.02. The molecule has 1 aromatic rings. The Labute approximate surface area is 144 Å². The number of hydrogen-bond donors (Lipinski definition) is 1. The van der Waals surface area contributed by atoms with Crippen molar-refractivity contribution in [1.29, 1.82) is 0 Å². The number of fused-ring (bicyclic) bond motifs is 1. The van der Waals surface area contributed by atoms with Crippen LogP contribution < -0.4 is 9.64 Å². The molecule has 8 nitrogen and oxygen atoms in total. The fraction of sp³-hybridized carbons (Fsp3) is 0.471. The molecule has 8 heteroatoms. The van der Waals surface area contributed by atoms with Gasteiger partial charge < -0.3 is 24.4 Å². The van der Waals surface area contributed by atoms with Crippen LogP contribution in [-0.2, 0) is 19.1 Å². The highest BCUT2D eigenvalue weighted by Crippen LogP contribution is 2.33. The van der Waals surface area contributed by atoms with Crippen LogP contribution in [-0.4, -0.2) is 66.2 Å². The minimum Gasteiger partial charge on any atom is -0.480 e. The molecule has 2 amide bonds. The van der Waals surface area contributed by atoms with E-state index in [4.69, 9.17) is 9.47 Å². The predicted octanol–water partition coefficient (Wildman–Crippen LogP) is 0.503. The summed E-state index contributed by atoms with van der Waals surface area (Å²) in [6, 6.07) is 6.17. The topological polar surface area (TPSA) is 96.4 Å². The molecule has 2 atom stereocenters. The molecule has 25 heavy (non-hydrogen) atoms. The van der Waals surface area contributed by atoms with E-state index in [1.807, 2.05) is 6.07 Å². The van der Waals surface area contributed by atoms with Crippen LogP contribution in [0.15, 0.2) is 24.3 Å². The van der Waals surface area contributed by atoms with Crippen molar-refractivity contribution < 1.29 is 29.0 Å². The molecule has 0 aliphatic carbocycles. The van der Waals surface area contributed by atoms with Crippen molar-refractivity contribution in [3.8, 4) is 5.75 Å². The summed E-state index contributed by atoms with van der Waals surface area (Å²) in [4.78, 5) is 39.0. The predicted molar refractivity (Wildman–Crippen MR) is 87.5 cm³/mol. The summed E-state index contributed by atoms with van der Waals surface area (Å²) >= 11 is 0. The van der Waals surface area contributed by atoms with Crippen LogP contribution in [0, 0.1) is 0 Å². The lowest BCUT2D eigenvalue weighted by Crippen LogP contribution is -2.53. The molecule has 0 aromatic heterocycles. The van der Waals surface area contributed by atoms with Crippen LogP contribution in [0.5, 0.6) is 5.75 Å². The zero-order chi connectivity index (χ0) is 18.0. The number of benzene rings is 1. The third-order valence-electron chi connectivity index (χ3n) is 4.36. The first-order chi connectivity index (χ1) is 12.0. The number of carbonyl (C=O) groups excluding carboxylic acids is 2. The molecular formula is C17H20N2O6. The van der Waals surface area contributed by atoms with Gasteiger partial charge >= 0.3 is 5.97 Å². The number of ether oxygens (including phenoxy) is 2. The molecule has 1 saturated heterocycles. The molecular weight excluding hydrogens is 328 g/mol. The van der Waals surface area contributed by atoms with E-state index < -0.39 is 18.1 Å². The van der Waals surface area contributed by atoms with Crippen LogP contribution in [0.2, 0.25) is 0 Å². The standard InChI is InChI=1S/C17H20N2O6/c1-11-16(21)19(12-4-2-3-5-14(12)25-11)7-6-15(20)18-8-9-24-10-13(18)17(22)23/h2-5,11,13H,6-10H2,1H3,(H,22,23)/t11-,13+/m0/s1. The van der Waals surface area contributed by atoms with E-state index >= 15 is 0 Å². The first-order valence-corrected chi connectivity index (χ1v) is 8.16. The van der Waals surface area contributed by atoms with E-state index in [0.717, 1.165) is 0 Å². The van der Waals surface area contributed by atoms with Gasteiger partial charge in [-0.05, 0) is 19.1 Å². The van der Waals surface area contributed by atoms with Gasteiger partial charge in [0.05, 0.1) is 18.9 Å². The van der Waals surface area contributed by atoms with Crippen molar-refractivity contribution in [3.05, 3.63) is 24.3 Å². The van der Waals surface area contributed by atoms with Crippen LogP contribution in [0.1, 0.15) is 13.3 Å². The molecule has 0 unspecified atom stereocenters. The van der Waals surface area contributed by atoms with Crippen molar-refractivity contribution in [3.63, 3.8) is 0 Å². The van der Waals surface area contributed by atoms with Gasteiger partial charge in [0.2, 0.25) is 5.91 Å². The van der Waals surface area contributed by atoms with Gasteiger partial charge in [0.15, 0.2) is 12.1 Å². The molecule has 2 aliphatic rings. The number of rotatable bonds is 4. The Kier molecular flexibility index (Phi) is 4.89. The monoisotopic (exact) mass is 348 g/mol. The number of nitrogens with zero attached hydrogens (tertiary/aromatic N) is 2. The van der Waals surface area contributed by atoms with Crippen molar-refractivity contribution in [2.24, 2.45) is 0 Å². The summed E-state index contributed by atoms with van der Waals surface area (Å²) in [7, 11) is 0. The first-order valence-electron chi connectivity index (χ1n) is 8.16. The number of anilines is 1. The maximum Gasteiger partial charge on any atom is 0.328 e. The Morgan fingerprint density at radius 2 is 2.08 bits per heavy atom. The minimum absolute atomic E-state index is 0.0164. The Morgan fingerprint density at radius 1 is 1.32 bits per heavy atom. The summed E-state index contributed by atoms with van der Waals surface area (Å²) in [5, 5.41) is 9.23. The van der Waals surface area contributed by atoms with E-state index in [2.05, 4.69) is 0 Å². The zero-order valence-electron chi connectivity index (χ0n) is 13.9. The molecule has 2 aliphatic heterocycles. The third kappa shape index (κ3) is 3.43. The molecule has 3 rings (SSSR count). The van der Waals surface area contributed by atoms with Crippen LogP contribution >= 0.6 is 0 Å². The van der Waals surface area contributed by atoms with E-state index in [-0.39, 0.29) is 37.9 Å². The second-order valence-corrected chi connectivity index (χ2v) is 5.98. The van der Waals surface area contributed by atoms with Gasteiger partial charge in [-0.1, -0.05) is 12.1 Å². The zero-order valence-corrected chi connectivity index (χ0v) is 13.9. The van der Waals surface area contributed by atoms with Crippen molar-refractivity contribution >= 4 is 23.5 Å². The molecule has 0 radical (unpaired) electrons. The van der Waals surface area contributed by atoms with Gasteiger partial charge in [0.25, 0.3) is 5.91 Å². The summed E-state index contributed by atoms with van der Waals surface area (Å²) in [5.41, 5.74) is 0.621. The van der Waals surface area contributed by atoms with Crippen molar-refractivity contribution in [2.45, 2.75) is 25.5 Å². The van der Waals surface area contributed by atoms with Gasteiger partial charge in [-0.15, -0.1) is 0 Å². The summed E-state index contributed by atoms with van der Waals surface area (Å²) in [6.07, 6.45) is -0.587. The fourth-order valence-electron chi connectivity index (χ4n) is 3.05. The molecule has 2 heterocycles. The third-order valence-corrected chi connectivity index (χ3v) is 4.36. The Morgan fingerprint density at radius 3 is 2.84 bits per heavy atom. The number of para-hydroxylation sites is 2.